The molecule has 144 valence electrons. The molecule has 3 rings (SSSR count). The maximum atomic E-state index is 13.0. The summed E-state index contributed by atoms with van der Waals surface area (Å²) in [5.41, 5.74) is 0.914. The second-order valence-corrected chi connectivity index (χ2v) is 6.59. The third kappa shape index (κ3) is 4.48. The van der Waals surface area contributed by atoms with Crippen molar-refractivity contribution in [2.24, 2.45) is 0 Å². The Kier molecular flexibility index (Phi) is 5.80. The maximum absolute atomic E-state index is 13.0. The normalized spacial score (nSPS) is 16.3. The second-order valence-electron chi connectivity index (χ2n) is 6.59. The number of nitro groups is 1. The van der Waals surface area contributed by atoms with Crippen molar-refractivity contribution in [2.75, 3.05) is 26.2 Å². The van der Waals surface area contributed by atoms with E-state index in [-0.39, 0.29) is 17.4 Å². The number of halogens is 1. The van der Waals surface area contributed by atoms with Gasteiger partial charge in [0.2, 0.25) is 5.91 Å². The molecule has 1 fully saturated rings. The summed E-state index contributed by atoms with van der Waals surface area (Å²) in [7, 11) is 0. The van der Waals surface area contributed by atoms with E-state index < -0.39 is 11.0 Å². The first-order valence-corrected chi connectivity index (χ1v) is 8.92. The Bertz CT molecular complexity index is 800. The Hall–Kier alpha value is -2.81. The lowest BCUT2D eigenvalue weighted by atomic mass is 10.1. The predicted molar refractivity (Wildman–Crippen MR) is 96.5 cm³/mol. The number of benzene rings is 1. The molecule has 0 spiro atoms. The molecule has 1 atom stereocenters. The number of amides is 1. The minimum atomic E-state index is -0.539. The second kappa shape index (κ2) is 8.26. The van der Waals surface area contributed by atoms with Crippen molar-refractivity contribution in [3.05, 3.63) is 58.2 Å². The number of hydrogen-bond donors (Lipinski definition) is 0. The molecule has 1 aliphatic rings. The topological polar surface area (TPSA) is 84.5 Å². The Morgan fingerprint density at radius 1 is 1.26 bits per heavy atom. The van der Waals surface area contributed by atoms with E-state index in [9.17, 15) is 19.3 Å². The van der Waals surface area contributed by atoms with Crippen LogP contribution in [-0.2, 0) is 11.3 Å². The molecule has 1 aliphatic heterocycles. The molecule has 27 heavy (non-hydrogen) atoms. The number of hydrogen-bond acceptors (Lipinski definition) is 5. The highest BCUT2D eigenvalue weighted by Crippen LogP contribution is 2.19. The van der Waals surface area contributed by atoms with Crippen molar-refractivity contribution >= 4 is 11.6 Å². The summed E-state index contributed by atoms with van der Waals surface area (Å²) in [5, 5.41) is 14.8. The molecule has 9 heteroatoms. The van der Waals surface area contributed by atoms with Crippen molar-refractivity contribution < 1.29 is 14.1 Å². The summed E-state index contributed by atoms with van der Waals surface area (Å²) < 4.78 is 14.4. The summed E-state index contributed by atoms with van der Waals surface area (Å²) in [5.74, 6) is -0.324. The van der Waals surface area contributed by atoms with Gasteiger partial charge in [0.15, 0.2) is 0 Å². The van der Waals surface area contributed by atoms with E-state index in [1.54, 1.807) is 17.0 Å². The van der Waals surface area contributed by atoms with Crippen LogP contribution in [0.15, 0.2) is 36.7 Å². The van der Waals surface area contributed by atoms with E-state index in [0.29, 0.717) is 26.1 Å². The number of nitrogens with zero attached hydrogens (tertiary/aromatic N) is 5. The third-order valence-electron chi connectivity index (χ3n) is 4.79. The lowest BCUT2D eigenvalue weighted by Crippen LogP contribution is -2.50. The van der Waals surface area contributed by atoms with E-state index in [2.05, 4.69) is 10.00 Å². The summed E-state index contributed by atoms with van der Waals surface area (Å²) in [6.07, 6.45) is 2.97. The van der Waals surface area contributed by atoms with Crippen LogP contribution in [0, 0.1) is 15.9 Å². The molecule has 0 aliphatic carbocycles. The van der Waals surface area contributed by atoms with Gasteiger partial charge in [-0.25, -0.2) is 4.39 Å². The summed E-state index contributed by atoms with van der Waals surface area (Å²) in [6.45, 7) is 5.18. The zero-order valence-electron chi connectivity index (χ0n) is 15.1. The van der Waals surface area contributed by atoms with E-state index in [1.807, 2.05) is 6.92 Å². The van der Waals surface area contributed by atoms with Gasteiger partial charge in [-0.15, -0.1) is 0 Å². The van der Waals surface area contributed by atoms with Crippen LogP contribution in [-0.4, -0.2) is 56.6 Å². The minimum Gasteiger partial charge on any atom is -0.338 e. The molecule has 8 nitrogen and oxygen atoms in total. The van der Waals surface area contributed by atoms with Gasteiger partial charge in [-0.05, 0) is 24.1 Å². The molecule has 0 radical (unpaired) electrons. The average molecular weight is 375 g/mol. The fraction of sp³-hybridized carbons (Fsp3) is 0.444. The fourth-order valence-corrected chi connectivity index (χ4v) is 3.25. The first-order chi connectivity index (χ1) is 13.0. The highest BCUT2D eigenvalue weighted by Gasteiger charge is 2.29. The molecule has 1 unspecified atom stereocenters. The molecule has 1 saturated heterocycles. The van der Waals surface area contributed by atoms with Crippen LogP contribution in [0.4, 0.5) is 10.1 Å². The van der Waals surface area contributed by atoms with Crippen LogP contribution in [0.25, 0.3) is 0 Å². The highest BCUT2D eigenvalue weighted by molar-refractivity contribution is 5.80. The van der Waals surface area contributed by atoms with Crippen LogP contribution in [0.2, 0.25) is 0 Å². The lowest BCUT2D eigenvalue weighted by molar-refractivity contribution is -0.385. The molecular weight excluding hydrogens is 353 g/mol. The molecule has 0 saturated carbocycles. The molecule has 1 aromatic heterocycles. The van der Waals surface area contributed by atoms with Gasteiger partial charge in [0.05, 0.1) is 4.92 Å². The number of rotatable bonds is 6. The summed E-state index contributed by atoms with van der Waals surface area (Å²) >= 11 is 0. The van der Waals surface area contributed by atoms with Gasteiger partial charge >= 0.3 is 5.69 Å². The van der Waals surface area contributed by atoms with Gasteiger partial charge in [-0.2, -0.15) is 5.10 Å². The zero-order valence-corrected chi connectivity index (χ0v) is 15.1. The van der Waals surface area contributed by atoms with Gasteiger partial charge < -0.3 is 4.90 Å². The van der Waals surface area contributed by atoms with Crippen LogP contribution >= 0.6 is 0 Å². The van der Waals surface area contributed by atoms with E-state index >= 15 is 0 Å². The van der Waals surface area contributed by atoms with Crippen molar-refractivity contribution in [1.82, 2.24) is 19.6 Å². The predicted octanol–water partition coefficient (Wildman–Crippen LogP) is 2.23. The summed E-state index contributed by atoms with van der Waals surface area (Å²) in [4.78, 5) is 27.2. The van der Waals surface area contributed by atoms with Crippen LogP contribution in [0.5, 0.6) is 0 Å². The van der Waals surface area contributed by atoms with Gasteiger partial charge in [-0.3, -0.25) is 24.5 Å². The van der Waals surface area contributed by atoms with Gasteiger partial charge in [-0.1, -0.05) is 19.1 Å². The van der Waals surface area contributed by atoms with Crippen molar-refractivity contribution in [3.63, 3.8) is 0 Å². The Balaban J connectivity index is 1.57. The maximum Gasteiger partial charge on any atom is 0.307 e. The van der Waals surface area contributed by atoms with Crippen molar-refractivity contribution in [2.45, 2.75) is 25.9 Å². The van der Waals surface area contributed by atoms with Crippen molar-refractivity contribution in [1.29, 1.82) is 0 Å². The van der Waals surface area contributed by atoms with E-state index in [4.69, 9.17) is 0 Å². The molecule has 1 aromatic carbocycles. The molecular formula is C18H22FN5O3. The Morgan fingerprint density at radius 2 is 1.93 bits per heavy atom. The molecule has 0 N–H and O–H groups in total. The number of carbonyl (C=O) groups excluding carboxylic acids is 1. The van der Waals surface area contributed by atoms with E-state index in [1.165, 1.54) is 23.0 Å². The molecule has 0 bridgehead atoms. The standard InChI is InChI=1S/C18H22FN5O3/c1-2-17(23-13-16(11-20-23)24(26)27)18(25)22-9-7-21(8-10-22)12-14-3-5-15(19)6-4-14/h3-6,11,13,17H,2,7-10,12H2,1H3. The number of carbonyl (C=O) groups is 1. The minimum absolute atomic E-state index is 0.0723. The SMILES string of the molecule is CCC(C(=O)N1CCN(Cc2ccc(F)cc2)CC1)n1cc([N+](=O)[O-])cn1. The quantitative estimate of drug-likeness (QED) is 0.571. The first kappa shape index (κ1) is 19.0. The fourth-order valence-electron chi connectivity index (χ4n) is 3.25. The van der Waals surface area contributed by atoms with Gasteiger partial charge in [0.25, 0.3) is 0 Å². The monoisotopic (exact) mass is 375 g/mol. The van der Waals surface area contributed by atoms with Crippen LogP contribution in [0.1, 0.15) is 24.9 Å². The van der Waals surface area contributed by atoms with E-state index in [0.717, 1.165) is 24.8 Å². The number of aromatic nitrogens is 2. The molecule has 2 heterocycles. The van der Waals surface area contributed by atoms with Gasteiger partial charge in [0, 0.05) is 32.7 Å². The van der Waals surface area contributed by atoms with Crippen LogP contribution in [0.3, 0.4) is 0 Å². The molecule has 2 aromatic rings. The first-order valence-electron chi connectivity index (χ1n) is 8.92. The smallest absolute Gasteiger partial charge is 0.307 e. The number of piperazine rings is 1. The third-order valence-corrected chi connectivity index (χ3v) is 4.79. The van der Waals surface area contributed by atoms with Crippen molar-refractivity contribution in [3.8, 4) is 0 Å². The summed E-state index contributed by atoms with van der Waals surface area (Å²) in [6, 6.07) is 5.89. The largest absolute Gasteiger partial charge is 0.338 e. The molecule has 1 amide bonds. The lowest BCUT2D eigenvalue weighted by Gasteiger charge is -2.36. The zero-order chi connectivity index (χ0) is 19.4. The Labute approximate surface area is 156 Å². The Morgan fingerprint density at radius 3 is 2.48 bits per heavy atom. The van der Waals surface area contributed by atoms with Crippen LogP contribution < -0.4 is 0 Å². The van der Waals surface area contributed by atoms with Gasteiger partial charge in [0.1, 0.15) is 24.3 Å². The highest BCUT2D eigenvalue weighted by atomic mass is 19.1. The average Bonchev–Trinajstić information content (AvgIpc) is 3.15.